The summed E-state index contributed by atoms with van der Waals surface area (Å²) in [5.74, 6) is -0.182. The molecule has 0 radical (unpaired) electrons. The van der Waals surface area contributed by atoms with Gasteiger partial charge in [0, 0.05) is 12.8 Å². The summed E-state index contributed by atoms with van der Waals surface area (Å²) in [4.78, 5) is 25.1. The maximum Gasteiger partial charge on any atom is 0.305 e. The van der Waals surface area contributed by atoms with Gasteiger partial charge in [0.15, 0.2) is 6.29 Å². The number of esters is 1. The predicted molar refractivity (Wildman–Crippen MR) is 375 cm³/mol. The van der Waals surface area contributed by atoms with Crippen molar-refractivity contribution in [2.24, 2.45) is 0 Å². The molecule has 1 fully saturated rings. The van der Waals surface area contributed by atoms with Crippen molar-refractivity contribution >= 4 is 11.9 Å². The molecule has 0 saturated carbocycles. The van der Waals surface area contributed by atoms with Gasteiger partial charge in [-0.15, -0.1) is 0 Å². The molecule has 11 heteroatoms. The SMILES string of the molecule is CCCCC/C=C\C/C=C\CCCCCCCC(=O)OCCCCCCCCCCCCCCC/C=C\C/C=C\CCCCCCCCCCCCCCCCCCCC(=O)NC(COC1OC(CO)C(O)C(O)C1O)C(O)/C=C/CCCCCCCCC. The van der Waals surface area contributed by atoms with Crippen LogP contribution < -0.4 is 5.32 Å². The number of aliphatic hydroxyl groups is 5. The third kappa shape index (κ3) is 55.5. The topological polar surface area (TPSA) is 175 Å². The van der Waals surface area contributed by atoms with E-state index in [9.17, 15) is 35.1 Å². The summed E-state index contributed by atoms with van der Waals surface area (Å²) in [7, 11) is 0. The number of rotatable bonds is 67. The number of nitrogens with one attached hydrogen (secondary N) is 1. The average molecular weight is 1250 g/mol. The Bertz CT molecular complexity index is 1660. The van der Waals surface area contributed by atoms with Gasteiger partial charge in [-0.3, -0.25) is 9.59 Å². The lowest BCUT2D eigenvalue weighted by molar-refractivity contribution is -0.302. The Morgan fingerprint density at radius 3 is 1.16 bits per heavy atom. The fourth-order valence-electron chi connectivity index (χ4n) is 11.9. The van der Waals surface area contributed by atoms with E-state index in [0.717, 1.165) is 70.6 Å². The zero-order valence-corrected chi connectivity index (χ0v) is 57.9. The van der Waals surface area contributed by atoms with Crippen molar-refractivity contribution < 1.29 is 49.3 Å². The molecule has 0 aromatic carbocycles. The molecule has 1 rings (SSSR count). The van der Waals surface area contributed by atoms with Crippen molar-refractivity contribution in [2.45, 2.75) is 403 Å². The summed E-state index contributed by atoms with van der Waals surface area (Å²) >= 11 is 0. The Labute approximate surface area is 548 Å². The van der Waals surface area contributed by atoms with Crippen LogP contribution in [-0.2, 0) is 23.8 Å². The van der Waals surface area contributed by atoms with Crippen molar-refractivity contribution in [1.29, 1.82) is 0 Å². The standard InChI is InChI=1S/C78H143NO10/c1-3-5-7-9-11-13-14-15-39-43-46-50-54-58-62-66-74(83)87-67-63-59-55-51-47-44-41-38-36-34-32-30-28-26-24-22-20-18-16-17-19-21-23-25-27-29-31-33-35-37-40-42-45-49-53-57-61-65-73(82)79-70(71(81)64-60-56-52-48-12-10-8-6-4-2)69-88-78-77(86)76(85)75(84)72(68-80)89-78/h11,13,15-16,18,22,24,39,60,64,70-72,75-78,80-81,84-86H,3-10,12,14,17,19-21,23,25-38,40-59,61-63,65-69H2,1-2H3,(H,79,82)/b13-11-,18-16-,24-22-,39-15-,64-60+. The van der Waals surface area contributed by atoms with E-state index in [4.69, 9.17) is 14.2 Å². The molecular formula is C78H143NO10. The summed E-state index contributed by atoms with van der Waals surface area (Å²) in [6.07, 6.45) is 79.7. The highest BCUT2D eigenvalue weighted by molar-refractivity contribution is 5.76. The quantitative estimate of drug-likeness (QED) is 0.0195. The van der Waals surface area contributed by atoms with Crippen molar-refractivity contribution in [1.82, 2.24) is 5.32 Å². The summed E-state index contributed by atoms with van der Waals surface area (Å²) in [6.45, 7) is 4.31. The fraction of sp³-hybridized carbons (Fsp3) is 0.846. The van der Waals surface area contributed by atoms with E-state index in [1.54, 1.807) is 6.08 Å². The maximum atomic E-state index is 13.0. The first-order chi connectivity index (χ1) is 43.7. The van der Waals surface area contributed by atoms with E-state index in [1.165, 1.54) is 263 Å². The number of aliphatic hydroxyl groups excluding tert-OH is 5. The molecule has 11 nitrogen and oxygen atoms in total. The second-order valence-electron chi connectivity index (χ2n) is 26.3. The Kier molecular flexibility index (Phi) is 63.3. The average Bonchev–Trinajstić information content (AvgIpc) is 1.84. The minimum absolute atomic E-state index is 0.00159. The first kappa shape index (κ1) is 84.4. The van der Waals surface area contributed by atoms with Crippen LogP contribution in [0.2, 0.25) is 0 Å². The number of hydrogen-bond donors (Lipinski definition) is 6. The first-order valence-corrected chi connectivity index (χ1v) is 38.1. The highest BCUT2D eigenvalue weighted by atomic mass is 16.7. The molecule has 0 aliphatic carbocycles. The Morgan fingerprint density at radius 1 is 0.416 bits per heavy atom. The molecule has 520 valence electrons. The van der Waals surface area contributed by atoms with Crippen LogP contribution in [0.25, 0.3) is 0 Å². The number of amides is 1. The molecule has 1 aliphatic rings. The van der Waals surface area contributed by atoms with Crippen molar-refractivity contribution in [3.8, 4) is 0 Å². The van der Waals surface area contributed by atoms with E-state index in [-0.39, 0.29) is 18.5 Å². The second kappa shape index (κ2) is 66.8. The van der Waals surface area contributed by atoms with Crippen LogP contribution in [0.15, 0.2) is 60.8 Å². The summed E-state index contributed by atoms with van der Waals surface area (Å²) in [6, 6.07) is -0.807. The van der Waals surface area contributed by atoms with E-state index in [1.807, 2.05) is 6.08 Å². The number of unbranched alkanes of at least 4 members (excludes halogenated alkanes) is 45. The molecule has 6 N–H and O–H groups in total. The molecule has 7 unspecified atom stereocenters. The number of carbonyl (C=O) groups excluding carboxylic acids is 2. The molecule has 1 heterocycles. The van der Waals surface area contributed by atoms with Gasteiger partial charge in [0.1, 0.15) is 24.4 Å². The van der Waals surface area contributed by atoms with Crippen LogP contribution in [0.4, 0.5) is 0 Å². The number of hydrogen-bond acceptors (Lipinski definition) is 10. The number of allylic oxidation sites excluding steroid dienone is 9. The number of ether oxygens (including phenoxy) is 3. The minimum atomic E-state index is -1.57. The zero-order valence-electron chi connectivity index (χ0n) is 57.9. The fourth-order valence-corrected chi connectivity index (χ4v) is 11.9. The first-order valence-electron chi connectivity index (χ1n) is 38.1. The lowest BCUT2D eigenvalue weighted by atomic mass is 9.99. The van der Waals surface area contributed by atoms with Gasteiger partial charge < -0.3 is 45.1 Å². The van der Waals surface area contributed by atoms with Crippen LogP contribution in [0.5, 0.6) is 0 Å². The molecule has 0 spiro atoms. The Morgan fingerprint density at radius 2 is 0.753 bits per heavy atom. The van der Waals surface area contributed by atoms with Gasteiger partial charge in [-0.2, -0.15) is 0 Å². The van der Waals surface area contributed by atoms with Crippen molar-refractivity contribution in [3.63, 3.8) is 0 Å². The Hall–Kier alpha value is -2.64. The van der Waals surface area contributed by atoms with Gasteiger partial charge in [-0.1, -0.05) is 312 Å². The number of carbonyl (C=O) groups is 2. The van der Waals surface area contributed by atoms with E-state index >= 15 is 0 Å². The van der Waals surface area contributed by atoms with E-state index in [0.29, 0.717) is 19.4 Å². The lowest BCUT2D eigenvalue weighted by Gasteiger charge is -2.40. The Balaban J connectivity index is 1.88. The molecule has 0 aromatic rings. The molecule has 7 atom stereocenters. The maximum absolute atomic E-state index is 13.0. The van der Waals surface area contributed by atoms with Gasteiger partial charge in [0.25, 0.3) is 0 Å². The summed E-state index contributed by atoms with van der Waals surface area (Å²) < 4.78 is 16.7. The summed E-state index contributed by atoms with van der Waals surface area (Å²) in [5, 5.41) is 54.3. The third-order valence-corrected chi connectivity index (χ3v) is 17.8. The van der Waals surface area contributed by atoms with Crippen LogP contribution in [-0.4, -0.2) is 100 Å². The lowest BCUT2D eigenvalue weighted by Crippen LogP contribution is -2.60. The highest BCUT2D eigenvalue weighted by Gasteiger charge is 2.44. The second-order valence-corrected chi connectivity index (χ2v) is 26.3. The largest absolute Gasteiger partial charge is 0.466 e. The van der Waals surface area contributed by atoms with Gasteiger partial charge in [-0.25, -0.2) is 0 Å². The van der Waals surface area contributed by atoms with Gasteiger partial charge in [-0.05, 0) is 96.3 Å². The zero-order chi connectivity index (χ0) is 64.4. The molecule has 0 bridgehead atoms. The monoisotopic (exact) mass is 1250 g/mol. The normalized spacial score (nSPS) is 18.0. The smallest absolute Gasteiger partial charge is 0.305 e. The highest BCUT2D eigenvalue weighted by Crippen LogP contribution is 2.23. The summed E-state index contributed by atoms with van der Waals surface area (Å²) in [5.41, 5.74) is 0. The van der Waals surface area contributed by atoms with Crippen molar-refractivity contribution in [2.75, 3.05) is 19.8 Å². The van der Waals surface area contributed by atoms with Crippen LogP contribution in [0.1, 0.15) is 361 Å². The third-order valence-electron chi connectivity index (χ3n) is 17.8. The minimum Gasteiger partial charge on any atom is -0.466 e. The van der Waals surface area contributed by atoms with Crippen LogP contribution in [0.3, 0.4) is 0 Å². The molecule has 1 aliphatic heterocycles. The van der Waals surface area contributed by atoms with Gasteiger partial charge in [0.2, 0.25) is 5.91 Å². The van der Waals surface area contributed by atoms with E-state index < -0.39 is 49.5 Å². The molecular weight excluding hydrogens is 1110 g/mol. The molecule has 89 heavy (non-hydrogen) atoms. The molecule has 1 saturated heterocycles. The van der Waals surface area contributed by atoms with Gasteiger partial charge >= 0.3 is 5.97 Å². The molecule has 1 amide bonds. The molecule has 0 aromatic heterocycles. The van der Waals surface area contributed by atoms with Crippen LogP contribution >= 0.6 is 0 Å². The van der Waals surface area contributed by atoms with Gasteiger partial charge in [0.05, 0.1) is 32.0 Å². The van der Waals surface area contributed by atoms with E-state index in [2.05, 4.69) is 67.8 Å². The van der Waals surface area contributed by atoms with Crippen molar-refractivity contribution in [3.05, 3.63) is 60.8 Å². The predicted octanol–water partition coefficient (Wildman–Crippen LogP) is 20.1. The van der Waals surface area contributed by atoms with Crippen LogP contribution in [0, 0.1) is 0 Å².